The van der Waals surface area contributed by atoms with Crippen molar-refractivity contribution >= 4 is 35.0 Å². The first-order valence-electron chi connectivity index (χ1n) is 13.3. The Morgan fingerprint density at radius 3 is 2.44 bits per heavy atom. The number of aromatic nitrogens is 1. The summed E-state index contributed by atoms with van der Waals surface area (Å²) in [7, 11) is 0. The lowest BCUT2D eigenvalue weighted by molar-refractivity contribution is -0.139. The van der Waals surface area contributed by atoms with Crippen molar-refractivity contribution in [2.24, 2.45) is 4.99 Å². The van der Waals surface area contributed by atoms with E-state index in [9.17, 15) is 9.59 Å². The number of carbonyl (C=O) groups is 1. The summed E-state index contributed by atoms with van der Waals surface area (Å²) in [4.78, 5) is 32.2. The highest BCUT2D eigenvalue weighted by atomic mass is 35.5. The number of carbonyl (C=O) groups excluding carboxylic acids is 1. The Balaban J connectivity index is 1.58. The molecule has 0 spiro atoms. The Labute approximate surface area is 246 Å². The number of nitrogens with zero attached hydrogens (tertiary/aromatic N) is 2. The molecule has 0 bridgehead atoms. The summed E-state index contributed by atoms with van der Waals surface area (Å²) >= 11 is 7.27. The third-order valence-corrected chi connectivity index (χ3v) is 7.77. The van der Waals surface area contributed by atoms with Crippen LogP contribution in [0.3, 0.4) is 0 Å². The molecule has 0 unspecified atom stereocenters. The Hall–Kier alpha value is -4.14. The van der Waals surface area contributed by atoms with Crippen LogP contribution in [0.15, 0.2) is 93.9 Å². The molecule has 5 rings (SSSR count). The van der Waals surface area contributed by atoms with Crippen molar-refractivity contribution < 1.29 is 19.0 Å². The van der Waals surface area contributed by atoms with E-state index in [4.69, 9.17) is 25.8 Å². The highest BCUT2D eigenvalue weighted by Crippen LogP contribution is 2.31. The number of ether oxygens (including phenoxy) is 3. The molecular weight excluding hydrogens is 560 g/mol. The molecule has 1 aliphatic rings. The topological polar surface area (TPSA) is 79.1 Å². The maximum Gasteiger partial charge on any atom is 0.338 e. The lowest BCUT2D eigenvalue weighted by atomic mass is 9.96. The zero-order valence-electron chi connectivity index (χ0n) is 22.9. The van der Waals surface area contributed by atoms with Gasteiger partial charge in [0, 0.05) is 10.6 Å². The summed E-state index contributed by atoms with van der Waals surface area (Å²) in [5.74, 6) is 0.847. The van der Waals surface area contributed by atoms with Gasteiger partial charge in [0.1, 0.15) is 18.1 Å². The number of fused-ring (bicyclic) bond motifs is 1. The summed E-state index contributed by atoms with van der Waals surface area (Å²) in [6.45, 7) is 6.53. The average molecular weight is 589 g/mol. The molecule has 1 atom stereocenters. The van der Waals surface area contributed by atoms with Gasteiger partial charge >= 0.3 is 5.97 Å². The molecule has 9 heteroatoms. The van der Waals surface area contributed by atoms with E-state index in [2.05, 4.69) is 4.99 Å². The maximum absolute atomic E-state index is 14.0. The van der Waals surface area contributed by atoms with Gasteiger partial charge in [-0.2, -0.15) is 0 Å². The van der Waals surface area contributed by atoms with Crippen molar-refractivity contribution in [3.63, 3.8) is 0 Å². The molecule has 41 heavy (non-hydrogen) atoms. The minimum atomic E-state index is -0.695. The van der Waals surface area contributed by atoms with Gasteiger partial charge in [-0.25, -0.2) is 9.79 Å². The second-order valence-corrected chi connectivity index (χ2v) is 10.7. The molecule has 0 amide bonds. The summed E-state index contributed by atoms with van der Waals surface area (Å²) in [6, 6.07) is 21.7. The normalized spacial score (nSPS) is 14.8. The standard InChI is InChI=1S/C32H29ClN2O5S/c1-4-38-25-16-12-22(13-17-25)29-28(31(37)39-5-2)20(3)34-32-35(29)30(36)27(41-32)18-23-8-6-7-9-26(23)40-19-21-10-14-24(33)15-11-21/h6-18,29H,4-5,19H2,1-3H3/b27-18-/t29-/m0/s1. The molecule has 4 aromatic rings. The van der Waals surface area contributed by atoms with Gasteiger partial charge in [0.25, 0.3) is 5.56 Å². The van der Waals surface area contributed by atoms with E-state index in [1.165, 1.54) is 11.3 Å². The van der Waals surface area contributed by atoms with E-state index in [-0.39, 0.29) is 12.2 Å². The summed E-state index contributed by atoms with van der Waals surface area (Å²) in [5, 5.41) is 0.661. The van der Waals surface area contributed by atoms with E-state index in [0.717, 1.165) is 16.7 Å². The molecule has 1 aliphatic heterocycles. The van der Waals surface area contributed by atoms with Crippen LogP contribution in [-0.2, 0) is 16.1 Å². The van der Waals surface area contributed by atoms with Crippen molar-refractivity contribution in [1.29, 1.82) is 0 Å². The Bertz CT molecular complexity index is 1770. The molecule has 7 nitrogen and oxygen atoms in total. The number of hydrogen-bond acceptors (Lipinski definition) is 7. The smallest absolute Gasteiger partial charge is 0.338 e. The van der Waals surface area contributed by atoms with Gasteiger partial charge in [0.05, 0.1) is 35.1 Å². The van der Waals surface area contributed by atoms with Gasteiger partial charge in [-0.05, 0) is 68.3 Å². The van der Waals surface area contributed by atoms with Crippen LogP contribution in [0.4, 0.5) is 0 Å². The molecule has 1 aromatic heterocycles. The average Bonchev–Trinajstić information content (AvgIpc) is 3.27. The van der Waals surface area contributed by atoms with Gasteiger partial charge < -0.3 is 14.2 Å². The van der Waals surface area contributed by atoms with Gasteiger partial charge in [-0.3, -0.25) is 9.36 Å². The van der Waals surface area contributed by atoms with Crippen LogP contribution in [0.2, 0.25) is 5.02 Å². The molecule has 0 saturated carbocycles. The second kappa shape index (κ2) is 12.6. The van der Waals surface area contributed by atoms with Crippen LogP contribution in [0.1, 0.15) is 43.5 Å². The lowest BCUT2D eigenvalue weighted by Crippen LogP contribution is -2.39. The van der Waals surface area contributed by atoms with Crippen molar-refractivity contribution in [2.45, 2.75) is 33.4 Å². The first-order valence-corrected chi connectivity index (χ1v) is 14.5. The fourth-order valence-corrected chi connectivity index (χ4v) is 5.80. The Morgan fingerprint density at radius 1 is 1.00 bits per heavy atom. The predicted octanol–water partition coefficient (Wildman–Crippen LogP) is 5.43. The molecule has 3 aromatic carbocycles. The molecule has 0 N–H and O–H groups in total. The molecule has 0 aliphatic carbocycles. The van der Waals surface area contributed by atoms with Crippen molar-refractivity contribution in [3.05, 3.63) is 125 Å². The van der Waals surface area contributed by atoms with Crippen molar-refractivity contribution in [1.82, 2.24) is 4.57 Å². The monoisotopic (exact) mass is 588 g/mol. The summed E-state index contributed by atoms with van der Waals surface area (Å²) < 4.78 is 19.1. The Morgan fingerprint density at radius 2 is 1.73 bits per heavy atom. The van der Waals surface area contributed by atoms with E-state index in [1.807, 2.05) is 79.7 Å². The van der Waals surface area contributed by atoms with Gasteiger partial charge in [0.2, 0.25) is 0 Å². The fraction of sp³-hybridized carbons (Fsp3) is 0.219. The van der Waals surface area contributed by atoms with Crippen LogP contribution in [-0.4, -0.2) is 23.8 Å². The Kier molecular flexibility index (Phi) is 8.71. The van der Waals surface area contributed by atoms with E-state index in [1.54, 1.807) is 24.5 Å². The van der Waals surface area contributed by atoms with Gasteiger partial charge in [-0.15, -0.1) is 0 Å². The summed E-state index contributed by atoms with van der Waals surface area (Å²) in [6.07, 6.45) is 1.81. The fourth-order valence-electron chi connectivity index (χ4n) is 4.63. The first kappa shape index (κ1) is 28.4. The number of benzene rings is 3. The number of hydrogen-bond donors (Lipinski definition) is 0. The summed E-state index contributed by atoms with van der Waals surface area (Å²) in [5.41, 5.74) is 3.08. The van der Waals surface area contributed by atoms with Crippen LogP contribution >= 0.6 is 22.9 Å². The molecule has 0 radical (unpaired) electrons. The maximum atomic E-state index is 14.0. The number of thiazole rings is 1. The number of esters is 1. The van der Waals surface area contributed by atoms with E-state index < -0.39 is 12.0 Å². The first-order chi connectivity index (χ1) is 19.9. The van der Waals surface area contributed by atoms with E-state index in [0.29, 0.717) is 50.3 Å². The number of allylic oxidation sites excluding steroid dienone is 1. The predicted molar refractivity (Wildman–Crippen MR) is 160 cm³/mol. The lowest BCUT2D eigenvalue weighted by Gasteiger charge is -2.24. The van der Waals surface area contributed by atoms with Crippen LogP contribution in [0, 0.1) is 0 Å². The van der Waals surface area contributed by atoms with Gasteiger partial charge in [0.15, 0.2) is 4.80 Å². The zero-order chi connectivity index (χ0) is 28.9. The highest BCUT2D eigenvalue weighted by molar-refractivity contribution is 7.07. The quantitative estimate of drug-likeness (QED) is 0.244. The minimum absolute atomic E-state index is 0.211. The highest BCUT2D eigenvalue weighted by Gasteiger charge is 2.33. The number of halogens is 1. The van der Waals surface area contributed by atoms with Crippen LogP contribution in [0.5, 0.6) is 11.5 Å². The SMILES string of the molecule is CCOC(=O)C1=C(C)N=c2s/c(=C\c3ccccc3OCc3ccc(Cl)cc3)c(=O)n2[C@H]1c1ccc(OCC)cc1. The molecule has 210 valence electrons. The van der Waals surface area contributed by atoms with Gasteiger partial charge in [-0.1, -0.05) is 65.4 Å². The zero-order valence-corrected chi connectivity index (χ0v) is 24.5. The minimum Gasteiger partial charge on any atom is -0.494 e. The number of rotatable bonds is 9. The molecule has 0 fully saturated rings. The second-order valence-electron chi connectivity index (χ2n) is 9.26. The molecule has 2 heterocycles. The molecular formula is C32H29ClN2O5S. The third kappa shape index (κ3) is 6.14. The third-order valence-electron chi connectivity index (χ3n) is 6.54. The van der Waals surface area contributed by atoms with Crippen LogP contribution < -0.4 is 24.4 Å². The largest absolute Gasteiger partial charge is 0.494 e. The molecule has 0 saturated heterocycles. The van der Waals surface area contributed by atoms with Crippen molar-refractivity contribution in [3.8, 4) is 11.5 Å². The van der Waals surface area contributed by atoms with Crippen LogP contribution in [0.25, 0.3) is 6.08 Å². The van der Waals surface area contributed by atoms with E-state index >= 15 is 0 Å². The number of para-hydroxylation sites is 1. The van der Waals surface area contributed by atoms with Crippen molar-refractivity contribution in [2.75, 3.05) is 13.2 Å².